The van der Waals surface area contributed by atoms with E-state index in [0.29, 0.717) is 0 Å². The number of aromatic nitrogens is 1. The van der Waals surface area contributed by atoms with E-state index >= 15 is 0 Å². The summed E-state index contributed by atoms with van der Waals surface area (Å²) in [4.78, 5) is 11.0. The second-order valence-electron chi connectivity index (χ2n) is 4.04. The van der Waals surface area contributed by atoms with Crippen molar-refractivity contribution < 1.29 is 24.9 Å². The van der Waals surface area contributed by atoms with Crippen molar-refractivity contribution in [1.29, 1.82) is 0 Å². The van der Waals surface area contributed by atoms with E-state index in [1.807, 2.05) is 0 Å². The normalized spacial score (nSPS) is 32.9. The van der Waals surface area contributed by atoms with Gasteiger partial charge in [-0.05, 0) is 13.0 Å². The maximum Gasteiger partial charge on any atom is 0.254 e. The van der Waals surface area contributed by atoms with Crippen molar-refractivity contribution >= 4 is 5.91 Å². The van der Waals surface area contributed by atoms with Gasteiger partial charge in [0, 0.05) is 6.20 Å². The Bertz CT molecular complexity index is 444. The van der Waals surface area contributed by atoms with Gasteiger partial charge >= 0.3 is 0 Å². The third kappa shape index (κ3) is 1.78. The van der Waals surface area contributed by atoms with Crippen LogP contribution in [-0.2, 0) is 4.74 Å². The second-order valence-corrected chi connectivity index (χ2v) is 4.04. The van der Waals surface area contributed by atoms with E-state index in [1.54, 1.807) is 6.92 Å². The van der Waals surface area contributed by atoms with E-state index < -0.39 is 30.4 Å². The Morgan fingerprint density at radius 2 is 2.12 bits per heavy atom. The van der Waals surface area contributed by atoms with Gasteiger partial charge in [0.25, 0.3) is 5.91 Å². The number of nitrogens with two attached hydrogens (primary N) is 1. The predicted molar refractivity (Wildman–Crippen MR) is 56.2 cm³/mol. The smallest absolute Gasteiger partial charge is 0.254 e. The van der Waals surface area contributed by atoms with Crippen LogP contribution in [0, 0.1) is 0 Å². The van der Waals surface area contributed by atoms with Crippen LogP contribution >= 0.6 is 0 Å². The number of rotatable bonds is 2. The van der Waals surface area contributed by atoms with Crippen LogP contribution in [-0.4, -0.2) is 44.1 Å². The number of ether oxygens (including phenoxy) is 1. The van der Waals surface area contributed by atoms with Gasteiger partial charge in [-0.1, -0.05) is 0 Å². The molecule has 1 aliphatic heterocycles. The largest absolute Gasteiger partial charge is 0.494 e. The summed E-state index contributed by atoms with van der Waals surface area (Å²) in [6.07, 6.45) is -2.35. The van der Waals surface area contributed by atoms with E-state index in [1.165, 1.54) is 12.3 Å². The minimum absolute atomic E-state index is 0.0603. The summed E-state index contributed by atoms with van der Waals surface area (Å²) in [5.41, 5.74) is 4.99. The molecule has 0 saturated carbocycles. The predicted octanol–water partition coefficient (Wildman–Crippen LogP) is -1.07. The first kappa shape index (κ1) is 11.9. The zero-order valence-electron chi connectivity index (χ0n) is 9.15. The number of primary amides is 1. The van der Waals surface area contributed by atoms with Crippen LogP contribution in [0.3, 0.4) is 0 Å². The average molecular weight is 242 g/mol. The lowest BCUT2D eigenvalue weighted by Crippen LogP contribution is -2.30. The molecule has 0 bridgehead atoms. The fraction of sp³-hybridized carbons (Fsp3) is 0.500. The molecule has 1 aromatic heterocycles. The number of hydrogen-bond acceptors (Lipinski definition) is 5. The van der Waals surface area contributed by atoms with E-state index in [4.69, 9.17) is 10.5 Å². The number of aliphatic hydroxyl groups is 2. The molecule has 0 unspecified atom stereocenters. The summed E-state index contributed by atoms with van der Waals surface area (Å²) in [6, 6.07) is 1.32. The van der Waals surface area contributed by atoms with Gasteiger partial charge in [-0.2, -0.15) is 0 Å². The molecule has 0 aliphatic carbocycles. The number of carbonyl (C=O) groups is 1. The molecular weight excluding hydrogens is 228 g/mol. The monoisotopic (exact) mass is 242 g/mol. The maximum absolute atomic E-state index is 11.0. The van der Waals surface area contributed by atoms with E-state index in [0.717, 1.165) is 4.57 Å². The lowest BCUT2D eigenvalue weighted by Gasteiger charge is -2.17. The number of aliphatic hydroxyl groups excluding tert-OH is 2. The average Bonchev–Trinajstić information content (AvgIpc) is 2.75. The van der Waals surface area contributed by atoms with Gasteiger partial charge in [0.05, 0.1) is 6.10 Å². The molecule has 4 atom stereocenters. The Labute approximate surface area is 97.0 Å². The van der Waals surface area contributed by atoms with Crippen molar-refractivity contribution in [3.8, 4) is 5.88 Å². The lowest BCUT2D eigenvalue weighted by molar-refractivity contribution is -0.0354. The van der Waals surface area contributed by atoms with Crippen LogP contribution in [0.1, 0.15) is 23.5 Å². The van der Waals surface area contributed by atoms with Gasteiger partial charge < -0.3 is 25.8 Å². The summed E-state index contributed by atoms with van der Waals surface area (Å²) in [7, 11) is 0. The topological polar surface area (TPSA) is 118 Å². The van der Waals surface area contributed by atoms with Crippen LogP contribution in [0.25, 0.3) is 0 Å². The van der Waals surface area contributed by atoms with Crippen molar-refractivity contribution in [3.05, 3.63) is 17.8 Å². The molecule has 1 aromatic rings. The fourth-order valence-corrected chi connectivity index (χ4v) is 1.89. The van der Waals surface area contributed by atoms with E-state index in [9.17, 15) is 20.1 Å². The standard InChI is InChI=1S/C10H14N2O5/c1-4-6(13)7(14)10(17-4)12-3-2-5(8(11)15)9(12)16/h2-4,6-7,10,13-14,16H,1H3,(H2,11,15)/t4-,6-,7-,10-/m1/s1. The van der Waals surface area contributed by atoms with Crippen molar-refractivity contribution in [1.82, 2.24) is 4.57 Å². The van der Waals surface area contributed by atoms with Gasteiger partial charge in [0.15, 0.2) is 6.23 Å². The molecule has 7 heteroatoms. The minimum atomic E-state index is -1.18. The number of amides is 1. The summed E-state index contributed by atoms with van der Waals surface area (Å²) in [5, 5.41) is 29.0. The van der Waals surface area contributed by atoms with Crippen molar-refractivity contribution in [2.24, 2.45) is 5.73 Å². The first-order valence-corrected chi connectivity index (χ1v) is 5.14. The molecule has 5 N–H and O–H groups in total. The van der Waals surface area contributed by atoms with Crippen molar-refractivity contribution in [3.63, 3.8) is 0 Å². The molecule has 94 valence electrons. The van der Waals surface area contributed by atoms with E-state index in [-0.39, 0.29) is 11.4 Å². The summed E-state index contributed by atoms with van der Waals surface area (Å²) >= 11 is 0. The van der Waals surface area contributed by atoms with Crippen LogP contribution in [0.5, 0.6) is 5.88 Å². The van der Waals surface area contributed by atoms with Crippen molar-refractivity contribution in [2.75, 3.05) is 0 Å². The molecule has 17 heavy (non-hydrogen) atoms. The molecule has 7 nitrogen and oxygen atoms in total. The third-order valence-electron chi connectivity index (χ3n) is 2.90. The molecule has 0 spiro atoms. The van der Waals surface area contributed by atoms with Gasteiger partial charge in [-0.25, -0.2) is 0 Å². The summed E-state index contributed by atoms with van der Waals surface area (Å²) in [6.45, 7) is 1.60. The van der Waals surface area contributed by atoms with Gasteiger partial charge in [0.2, 0.25) is 5.88 Å². The van der Waals surface area contributed by atoms with Gasteiger partial charge in [-0.15, -0.1) is 0 Å². The highest BCUT2D eigenvalue weighted by Crippen LogP contribution is 2.33. The molecule has 2 heterocycles. The lowest BCUT2D eigenvalue weighted by atomic mass is 10.1. The fourth-order valence-electron chi connectivity index (χ4n) is 1.89. The molecule has 0 radical (unpaired) electrons. The molecular formula is C10H14N2O5. The van der Waals surface area contributed by atoms with Gasteiger partial charge in [0.1, 0.15) is 17.8 Å². The SMILES string of the molecule is C[C@H]1O[C@@H](n2ccc(C(N)=O)c2O)[C@H](O)[C@@H]1O. The zero-order valence-corrected chi connectivity index (χ0v) is 9.15. The molecule has 0 aromatic carbocycles. The molecule has 1 aliphatic rings. The zero-order chi connectivity index (χ0) is 12.7. The Kier molecular flexibility index (Phi) is 2.82. The van der Waals surface area contributed by atoms with Crippen molar-refractivity contribution in [2.45, 2.75) is 31.5 Å². The number of carbonyl (C=O) groups excluding carboxylic acids is 1. The summed E-state index contributed by atoms with van der Waals surface area (Å²) in [5.74, 6) is -1.16. The minimum Gasteiger partial charge on any atom is -0.494 e. The quantitative estimate of drug-likeness (QED) is 0.526. The molecule has 1 fully saturated rings. The van der Waals surface area contributed by atoms with Crippen LogP contribution < -0.4 is 5.73 Å². The third-order valence-corrected chi connectivity index (χ3v) is 2.90. The highest BCUT2D eigenvalue weighted by Gasteiger charge is 2.42. The number of aromatic hydroxyl groups is 1. The molecule has 1 amide bonds. The highest BCUT2D eigenvalue weighted by molar-refractivity contribution is 5.95. The Morgan fingerprint density at radius 1 is 1.47 bits per heavy atom. The first-order chi connectivity index (χ1) is 7.93. The van der Waals surface area contributed by atoms with Crippen LogP contribution in [0.4, 0.5) is 0 Å². The first-order valence-electron chi connectivity index (χ1n) is 5.14. The Balaban J connectivity index is 2.33. The maximum atomic E-state index is 11.0. The second kappa shape index (κ2) is 4.02. The van der Waals surface area contributed by atoms with Crippen LogP contribution in [0.2, 0.25) is 0 Å². The Morgan fingerprint density at radius 3 is 2.53 bits per heavy atom. The summed E-state index contributed by atoms with van der Waals surface area (Å²) < 4.78 is 6.46. The highest BCUT2D eigenvalue weighted by atomic mass is 16.6. The molecule has 1 saturated heterocycles. The van der Waals surface area contributed by atoms with E-state index in [2.05, 4.69) is 0 Å². The van der Waals surface area contributed by atoms with Crippen LogP contribution in [0.15, 0.2) is 12.3 Å². The number of nitrogens with zero attached hydrogens (tertiary/aromatic N) is 1. The Hall–Kier alpha value is -1.57. The molecule has 2 rings (SSSR count). The van der Waals surface area contributed by atoms with Gasteiger partial charge in [-0.3, -0.25) is 9.36 Å². The number of hydrogen-bond donors (Lipinski definition) is 4.